The zero-order valence-corrected chi connectivity index (χ0v) is 24.7. The molecule has 10 heteroatoms. The van der Waals surface area contributed by atoms with E-state index in [-0.39, 0.29) is 16.5 Å². The normalized spacial score (nSPS) is 16.3. The number of Topliss-reactive ketones (excluding diaryl/α,β-unsaturated/α-hetero) is 1. The van der Waals surface area contributed by atoms with Crippen LogP contribution in [-0.4, -0.2) is 33.6 Å². The van der Waals surface area contributed by atoms with Gasteiger partial charge in [-0.15, -0.1) is 10.2 Å². The van der Waals surface area contributed by atoms with Gasteiger partial charge in [0.1, 0.15) is 18.1 Å². The fourth-order valence-electron chi connectivity index (χ4n) is 4.50. The Bertz CT molecular complexity index is 1670. The van der Waals surface area contributed by atoms with Gasteiger partial charge in [0.25, 0.3) is 5.78 Å². The van der Waals surface area contributed by atoms with Crippen LogP contribution in [0, 0.1) is 13.8 Å². The molecule has 1 aliphatic rings. The fraction of sp³-hybridized carbons (Fsp3) is 0.161. The molecule has 1 amide bonds. The number of halogens is 1. The lowest BCUT2D eigenvalue weighted by Crippen LogP contribution is -2.29. The fourth-order valence-corrected chi connectivity index (χ4v) is 6.65. The molecule has 2 heterocycles. The van der Waals surface area contributed by atoms with Crippen LogP contribution in [0.2, 0.25) is 5.02 Å². The number of nitrogens with zero attached hydrogens (tertiary/aromatic N) is 3. The molecule has 3 aromatic carbocycles. The van der Waals surface area contributed by atoms with Gasteiger partial charge in [-0.05, 0) is 54.8 Å². The van der Waals surface area contributed by atoms with E-state index in [1.165, 1.54) is 28.0 Å². The third-order valence-electron chi connectivity index (χ3n) is 6.57. The van der Waals surface area contributed by atoms with E-state index in [1.807, 2.05) is 50.2 Å². The van der Waals surface area contributed by atoms with Crippen LogP contribution >= 0.6 is 34.7 Å². The predicted molar refractivity (Wildman–Crippen MR) is 164 cm³/mol. The average molecular weight is 604 g/mol. The smallest absolute Gasteiger partial charge is 0.301 e. The molecular formula is C31H26ClN3O4S2. The van der Waals surface area contributed by atoms with Gasteiger partial charge in [-0.25, -0.2) is 0 Å². The molecule has 5 rings (SSSR count). The summed E-state index contributed by atoms with van der Waals surface area (Å²) in [5.41, 5.74) is 3.73. The number of ether oxygens (including phenoxy) is 1. The number of anilines is 1. The highest BCUT2D eigenvalue weighted by atomic mass is 35.5. The van der Waals surface area contributed by atoms with Crippen molar-refractivity contribution in [3.8, 4) is 5.75 Å². The number of ketones is 1. The number of hydrogen-bond donors (Lipinski definition) is 1. The highest BCUT2D eigenvalue weighted by Crippen LogP contribution is 2.44. The SMILES string of the molecule is C=CCOc1ccc(C2C(=C(O)c3cc(C)ccc3C)C(=O)C(=O)N2c2nnc(SCc3ccccc3Cl)s2)cc1. The Morgan fingerprint density at radius 3 is 2.61 bits per heavy atom. The Labute approximate surface area is 251 Å². The first-order valence-corrected chi connectivity index (χ1v) is 14.9. The lowest BCUT2D eigenvalue weighted by molar-refractivity contribution is -0.132. The summed E-state index contributed by atoms with van der Waals surface area (Å²) in [5, 5.41) is 21.0. The van der Waals surface area contributed by atoms with Crippen LogP contribution < -0.4 is 9.64 Å². The topological polar surface area (TPSA) is 92.6 Å². The van der Waals surface area contributed by atoms with Crippen molar-refractivity contribution in [3.05, 3.63) is 118 Å². The lowest BCUT2D eigenvalue weighted by Gasteiger charge is -2.23. The van der Waals surface area contributed by atoms with Crippen LogP contribution in [-0.2, 0) is 15.3 Å². The standard InChI is InChI=1S/C31H26ClN3O4S2/c1-4-15-39-22-13-11-20(12-14-22)26-25(27(36)23-16-18(2)9-10-19(23)3)28(37)29(38)35(26)30-33-34-31(41-30)40-17-21-7-5-6-8-24(21)32/h4-14,16,26,36H,1,15,17H2,2-3H3. The van der Waals surface area contributed by atoms with Gasteiger partial charge in [0, 0.05) is 16.3 Å². The van der Waals surface area contributed by atoms with E-state index in [0.717, 1.165) is 16.7 Å². The molecule has 1 saturated heterocycles. The minimum absolute atomic E-state index is 0.0102. The molecular weight excluding hydrogens is 578 g/mol. The van der Waals surface area contributed by atoms with Gasteiger partial charge in [-0.2, -0.15) is 0 Å². The molecule has 1 N–H and O–H groups in total. The third-order valence-corrected chi connectivity index (χ3v) is 9.04. The molecule has 0 aliphatic carbocycles. The number of aromatic nitrogens is 2. The number of carbonyl (C=O) groups is 2. The first-order valence-electron chi connectivity index (χ1n) is 12.7. The number of hydrogen-bond acceptors (Lipinski definition) is 8. The molecule has 1 unspecified atom stereocenters. The number of thioether (sulfide) groups is 1. The average Bonchev–Trinajstić information content (AvgIpc) is 3.54. The summed E-state index contributed by atoms with van der Waals surface area (Å²) in [6.07, 6.45) is 1.64. The maximum atomic E-state index is 13.5. The minimum Gasteiger partial charge on any atom is -0.507 e. The second-order valence-corrected chi connectivity index (χ2v) is 12.0. The number of amides is 1. The molecule has 1 aliphatic heterocycles. The van der Waals surface area contributed by atoms with Crippen molar-refractivity contribution >= 4 is 57.3 Å². The van der Waals surface area contributed by atoms with Crippen molar-refractivity contribution in [2.45, 2.75) is 30.0 Å². The van der Waals surface area contributed by atoms with E-state index >= 15 is 0 Å². The van der Waals surface area contributed by atoms with Crippen LogP contribution in [0.5, 0.6) is 5.75 Å². The molecule has 0 radical (unpaired) electrons. The molecule has 0 spiro atoms. The largest absolute Gasteiger partial charge is 0.507 e. The van der Waals surface area contributed by atoms with E-state index in [1.54, 1.807) is 36.4 Å². The maximum Gasteiger partial charge on any atom is 0.301 e. The van der Waals surface area contributed by atoms with Gasteiger partial charge in [0.05, 0.1) is 11.6 Å². The maximum absolute atomic E-state index is 13.5. The molecule has 1 atom stereocenters. The Kier molecular flexibility index (Phi) is 8.58. The van der Waals surface area contributed by atoms with Crippen molar-refractivity contribution in [2.24, 2.45) is 0 Å². The molecule has 208 valence electrons. The summed E-state index contributed by atoms with van der Waals surface area (Å²) in [6, 6.07) is 19.3. The highest BCUT2D eigenvalue weighted by Gasteiger charge is 2.48. The van der Waals surface area contributed by atoms with E-state index < -0.39 is 17.7 Å². The Hall–Kier alpha value is -3.92. The predicted octanol–water partition coefficient (Wildman–Crippen LogP) is 7.29. The van der Waals surface area contributed by atoms with Gasteiger partial charge < -0.3 is 9.84 Å². The summed E-state index contributed by atoms with van der Waals surface area (Å²) in [5.74, 6) is -0.639. The van der Waals surface area contributed by atoms with Crippen molar-refractivity contribution < 1.29 is 19.4 Å². The lowest BCUT2D eigenvalue weighted by atomic mass is 9.93. The van der Waals surface area contributed by atoms with Crippen LogP contribution in [0.4, 0.5) is 5.13 Å². The minimum atomic E-state index is -0.919. The van der Waals surface area contributed by atoms with Crippen molar-refractivity contribution in [1.82, 2.24) is 10.2 Å². The van der Waals surface area contributed by atoms with E-state index in [9.17, 15) is 14.7 Å². The van der Waals surface area contributed by atoms with Crippen LogP contribution in [0.25, 0.3) is 5.76 Å². The summed E-state index contributed by atoms with van der Waals surface area (Å²) in [6.45, 7) is 7.75. The number of carbonyl (C=O) groups excluding carboxylic acids is 2. The third kappa shape index (κ3) is 5.93. The molecule has 4 aromatic rings. The van der Waals surface area contributed by atoms with Crippen LogP contribution in [0.3, 0.4) is 0 Å². The van der Waals surface area contributed by atoms with E-state index in [2.05, 4.69) is 16.8 Å². The Morgan fingerprint density at radius 1 is 1.12 bits per heavy atom. The number of aliphatic hydroxyl groups is 1. The number of benzene rings is 3. The van der Waals surface area contributed by atoms with Gasteiger partial charge in [-0.3, -0.25) is 14.5 Å². The van der Waals surface area contributed by atoms with Crippen molar-refractivity contribution in [1.29, 1.82) is 0 Å². The highest BCUT2D eigenvalue weighted by molar-refractivity contribution is 8.00. The number of aliphatic hydroxyl groups excluding tert-OH is 1. The van der Waals surface area contributed by atoms with Crippen molar-refractivity contribution in [3.63, 3.8) is 0 Å². The quantitative estimate of drug-likeness (QED) is 0.0536. The second-order valence-electron chi connectivity index (χ2n) is 9.39. The second kappa shape index (κ2) is 12.3. The Morgan fingerprint density at radius 2 is 1.88 bits per heavy atom. The first-order chi connectivity index (χ1) is 19.8. The van der Waals surface area contributed by atoms with Crippen LogP contribution in [0.15, 0.2) is 89.3 Å². The van der Waals surface area contributed by atoms with Gasteiger partial charge in [0.2, 0.25) is 5.13 Å². The monoisotopic (exact) mass is 603 g/mol. The molecule has 0 saturated carbocycles. The summed E-state index contributed by atoms with van der Waals surface area (Å²) >= 11 is 8.93. The molecule has 0 bridgehead atoms. The van der Waals surface area contributed by atoms with Gasteiger partial charge in [0.15, 0.2) is 4.34 Å². The molecule has 41 heavy (non-hydrogen) atoms. The summed E-state index contributed by atoms with van der Waals surface area (Å²) in [4.78, 5) is 28.4. The molecule has 1 aromatic heterocycles. The van der Waals surface area contributed by atoms with Crippen LogP contribution in [0.1, 0.15) is 33.9 Å². The summed E-state index contributed by atoms with van der Waals surface area (Å²) < 4.78 is 6.23. The zero-order chi connectivity index (χ0) is 29.1. The number of rotatable bonds is 9. The molecule has 7 nitrogen and oxygen atoms in total. The van der Waals surface area contributed by atoms with Gasteiger partial charge >= 0.3 is 5.91 Å². The van der Waals surface area contributed by atoms with Crippen molar-refractivity contribution in [2.75, 3.05) is 11.5 Å². The number of aryl methyl sites for hydroxylation is 2. The summed E-state index contributed by atoms with van der Waals surface area (Å²) in [7, 11) is 0. The van der Waals surface area contributed by atoms with E-state index in [4.69, 9.17) is 16.3 Å². The Balaban J connectivity index is 1.56. The van der Waals surface area contributed by atoms with Gasteiger partial charge in [-0.1, -0.05) is 95.4 Å². The van der Waals surface area contributed by atoms with E-state index in [0.29, 0.717) is 38.6 Å². The zero-order valence-electron chi connectivity index (χ0n) is 22.3. The first kappa shape index (κ1) is 28.6. The molecule has 1 fully saturated rings.